The summed E-state index contributed by atoms with van der Waals surface area (Å²) in [4.78, 5) is 0.0234. The average molecular weight is 322 g/mol. The van der Waals surface area contributed by atoms with Crippen molar-refractivity contribution < 1.29 is 21.9 Å². The van der Waals surface area contributed by atoms with Crippen molar-refractivity contribution in [1.82, 2.24) is 9.44 Å². The lowest BCUT2D eigenvalue weighted by atomic mass is 10.1. The van der Waals surface area contributed by atoms with Gasteiger partial charge in [0.05, 0.1) is 17.3 Å². The molecule has 1 unspecified atom stereocenters. The lowest BCUT2D eigenvalue weighted by Gasteiger charge is -2.10. The Kier molecular flexibility index (Phi) is 5.66. The van der Waals surface area contributed by atoms with E-state index >= 15 is 0 Å². The first-order valence-electron chi connectivity index (χ1n) is 5.84. The smallest absolute Gasteiger partial charge is 0.240 e. The molecule has 7 nitrogen and oxygen atoms in total. The second kappa shape index (κ2) is 6.64. The fourth-order valence-electron chi connectivity index (χ4n) is 1.45. The van der Waals surface area contributed by atoms with Crippen LogP contribution in [0.4, 0.5) is 0 Å². The molecule has 0 amide bonds. The largest absolute Gasteiger partial charge is 0.389 e. The minimum absolute atomic E-state index is 0.0234. The van der Waals surface area contributed by atoms with Crippen LogP contribution >= 0.6 is 0 Å². The van der Waals surface area contributed by atoms with Gasteiger partial charge in [-0.3, -0.25) is 0 Å². The Balaban J connectivity index is 2.72. The molecule has 20 heavy (non-hydrogen) atoms. The monoisotopic (exact) mass is 322 g/mol. The number of nitrogens with one attached hydrogen (secondary N) is 2. The molecule has 0 saturated heterocycles. The van der Waals surface area contributed by atoms with E-state index < -0.39 is 26.2 Å². The van der Waals surface area contributed by atoms with Crippen LogP contribution in [0.15, 0.2) is 29.2 Å². The maximum atomic E-state index is 12.0. The maximum absolute atomic E-state index is 12.0. The minimum Gasteiger partial charge on any atom is -0.389 e. The molecular weight excluding hydrogens is 304 g/mol. The van der Waals surface area contributed by atoms with E-state index in [-0.39, 0.29) is 18.0 Å². The fraction of sp³-hybridized carbons (Fsp3) is 0.455. The molecule has 0 bridgehead atoms. The Morgan fingerprint density at radius 3 is 2.30 bits per heavy atom. The zero-order chi connectivity index (χ0) is 15.4. The third-order valence-corrected chi connectivity index (χ3v) is 4.62. The summed E-state index contributed by atoms with van der Waals surface area (Å²) in [5.74, 6) is 0. The molecule has 0 fully saturated rings. The molecule has 0 aliphatic rings. The van der Waals surface area contributed by atoms with E-state index in [1.165, 1.54) is 25.1 Å². The second-order valence-corrected chi connectivity index (χ2v) is 7.91. The lowest BCUT2D eigenvalue weighted by Crippen LogP contribution is -2.34. The number of benzene rings is 1. The van der Waals surface area contributed by atoms with Gasteiger partial charge in [0, 0.05) is 13.1 Å². The number of hydrogen-bond acceptors (Lipinski definition) is 5. The normalized spacial score (nSPS) is 14.2. The minimum atomic E-state index is -3.73. The van der Waals surface area contributed by atoms with Gasteiger partial charge in [0.2, 0.25) is 20.0 Å². The lowest BCUT2D eigenvalue weighted by molar-refractivity contribution is 0.199. The quantitative estimate of drug-likeness (QED) is 0.590. The average Bonchev–Trinajstić information content (AvgIpc) is 2.34. The maximum Gasteiger partial charge on any atom is 0.240 e. The van der Waals surface area contributed by atoms with E-state index in [0.717, 1.165) is 6.26 Å². The molecule has 1 rings (SSSR count). The number of sulfonamides is 2. The van der Waals surface area contributed by atoms with E-state index in [0.29, 0.717) is 5.56 Å². The highest BCUT2D eigenvalue weighted by Crippen LogP contribution is 2.16. The zero-order valence-electron chi connectivity index (χ0n) is 11.2. The van der Waals surface area contributed by atoms with Gasteiger partial charge in [-0.2, -0.15) is 0 Å². The predicted molar refractivity (Wildman–Crippen MR) is 75.1 cm³/mol. The van der Waals surface area contributed by atoms with Gasteiger partial charge in [-0.25, -0.2) is 26.3 Å². The Morgan fingerprint density at radius 2 is 1.75 bits per heavy atom. The summed E-state index contributed by atoms with van der Waals surface area (Å²) in [6.07, 6.45) is 0.227. The molecule has 1 aromatic carbocycles. The van der Waals surface area contributed by atoms with Crippen LogP contribution in [0, 0.1) is 0 Å². The van der Waals surface area contributed by atoms with Crippen molar-refractivity contribution in [3.8, 4) is 0 Å². The highest BCUT2D eigenvalue weighted by molar-refractivity contribution is 7.89. The van der Waals surface area contributed by atoms with Crippen LogP contribution < -0.4 is 9.44 Å². The molecule has 0 saturated carbocycles. The fourth-order valence-corrected chi connectivity index (χ4v) is 3.01. The van der Waals surface area contributed by atoms with Crippen molar-refractivity contribution in [2.45, 2.75) is 17.9 Å². The van der Waals surface area contributed by atoms with Gasteiger partial charge >= 0.3 is 0 Å². The van der Waals surface area contributed by atoms with Crippen LogP contribution in [0.25, 0.3) is 0 Å². The Labute approximate surface area is 119 Å². The van der Waals surface area contributed by atoms with Gasteiger partial charge in [-0.05, 0) is 24.6 Å². The van der Waals surface area contributed by atoms with Crippen LogP contribution in [0.1, 0.15) is 18.6 Å². The van der Waals surface area contributed by atoms with Crippen LogP contribution in [-0.2, 0) is 20.0 Å². The molecule has 9 heteroatoms. The molecule has 0 aliphatic heterocycles. The summed E-state index contributed by atoms with van der Waals surface area (Å²) < 4.78 is 50.0. The van der Waals surface area contributed by atoms with E-state index in [9.17, 15) is 21.9 Å². The van der Waals surface area contributed by atoms with Crippen molar-refractivity contribution in [1.29, 1.82) is 0 Å². The Bertz CT molecular complexity index is 653. The molecule has 0 spiro atoms. The molecule has 0 aromatic heterocycles. The van der Waals surface area contributed by atoms with Gasteiger partial charge in [-0.1, -0.05) is 12.1 Å². The Morgan fingerprint density at radius 1 is 1.15 bits per heavy atom. The summed E-state index contributed by atoms with van der Waals surface area (Å²) in [5.41, 5.74) is 0.488. The summed E-state index contributed by atoms with van der Waals surface area (Å²) in [7, 11) is -7.07. The SMILES string of the molecule is CC(O)c1cccc(S(=O)(=O)NCCNS(C)(=O)=O)c1. The standard InChI is InChI=1S/C11H18N2O5S2/c1-9(14)10-4-3-5-11(8-10)20(17,18)13-7-6-12-19(2,15)16/h3-5,8-9,12-14H,6-7H2,1-2H3. The highest BCUT2D eigenvalue weighted by atomic mass is 32.2. The highest BCUT2D eigenvalue weighted by Gasteiger charge is 2.15. The van der Waals surface area contributed by atoms with Crippen molar-refractivity contribution in [2.75, 3.05) is 19.3 Å². The first-order chi connectivity index (χ1) is 9.12. The first kappa shape index (κ1) is 17.1. The van der Waals surface area contributed by atoms with Crippen molar-refractivity contribution in [2.24, 2.45) is 0 Å². The summed E-state index contributed by atoms with van der Waals surface area (Å²) in [6, 6.07) is 5.93. The predicted octanol–water partition coefficient (Wildman–Crippen LogP) is -0.433. The second-order valence-electron chi connectivity index (χ2n) is 4.31. The molecule has 1 aromatic rings. The van der Waals surface area contributed by atoms with E-state index in [4.69, 9.17) is 0 Å². The van der Waals surface area contributed by atoms with Crippen molar-refractivity contribution in [3.63, 3.8) is 0 Å². The molecule has 0 heterocycles. The number of aliphatic hydroxyl groups is 1. The van der Waals surface area contributed by atoms with Crippen LogP contribution in [-0.4, -0.2) is 41.3 Å². The van der Waals surface area contributed by atoms with E-state index in [2.05, 4.69) is 9.44 Å². The van der Waals surface area contributed by atoms with Crippen LogP contribution in [0.5, 0.6) is 0 Å². The topological polar surface area (TPSA) is 113 Å². The van der Waals surface area contributed by atoms with Gasteiger partial charge in [0.15, 0.2) is 0 Å². The van der Waals surface area contributed by atoms with E-state index in [1.807, 2.05) is 0 Å². The van der Waals surface area contributed by atoms with Gasteiger partial charge in [0.1, 0.15) is 0 Å². The van der Waals surface area contributed by atoms with Gasteiger partial charge < -0.3 is 5.11 Å². The van der Waals surface area contributed by atoms with Gasteiger partial charge in [0.25, 0.3) is 0 Å². The first-order valence-corrected chi connectivity index (χ1v) is 9.21. The van der Waals surface area contributed by atoms with Crippen LogP contribution in [0.3, 0.4) is 0 Å². The summed E-state index contributed by atoms with van der Waals surface area (Å²) in [5, 5.41) is 9.43. The molecule has 0 radical (unpaired) electrons. The molecule has 114 valence electrons. The Hall–Kier alpha value is -1.00. The summed E-state index contributed by atoms with van der Waals surface area (Å²) >= 11 is 0. The molecular formula is C11H18N2O5S2. The zero-order valence-corrected chi connectivity index (χ0v) is 12.8. The van der Waals surface area contributed by atoms with E-state index in [1.54, 1.807) is 6.07 Å². The number of hydrogen-bond donors (Lipinski definition) is 3. The van der Waals surface area contributed by atoms with Crippen molar-refractivity contribution >= 4 is 20.0 Å². The third-order valence-electron chi connectivity index (χ3n) is 2.43. The molecule has 1 atom stereocenters. The number of aliphatic hydroxyl groups excluding tert-OH is 1. The van der Waals surface area contributed by atoms with Crippen LogP contribution in [0.2, 0.25) is 0 Å². The molecule has 0 aliphatic carbocycles. The molecule has 3 N–H and O–H groups in total. The number of rotatable bonds is 7. The summed E-state index contributed by atoms with van der Waals surface area (Å²) in [6.45, 7) is 1.44. The van der Waals surface area contributed by atoms with Gasteiger partial charge in [-0.15, -0.1) is 0 Å². The third kappa shape index (κ3) is 5.55. The van der Waals surface area contributed by atoms with Crippen molar-refractivity contribution in [3.05, 3.63) is 29.8 Å².